The minimum Gasteiger partial charge on any atom is -0.356 e. The molecule has 0 aliphatic rings. The summed E-state index contributed by atoms with van der Waals surface area (Å²) in [6.45, 7) is 1.11. The number of anilines is 1. The van der Waals surface area contributed by atoms with E-state index in [2.05, 4.69) is 25.4 Å². The van der Waals surface area contributed by atoms with E-state index in [9.17, 15) is 13.2 Å². The molecule has 0 aliphatic heterocycles. The van der Waals surface area contributed by atoms with Crippen LogP contribution in [0.5, 0.6) is 0 Å². The Kier molecular flexibility index (Phi) is 3.74. The average molecular weight is 361 g/mol. The van der Waals surface area contributed by atoms with E-state index < -0.39 is 18.8 Å². The number of imidazole rings is 1. The van der Waals surface area contributed by atoms with Gasteiger partial charge in [-0.15, -0.1) is 5.10 Å². The van der Waals surface area contributed by atoms with E-state index in [-0.39, 0.29) is 11.2 Å². The van der Waals surface area contributed by atoms with Crippen molar-refractivity contribution < 1.29 is 13.2 Å². The van der Waals surface area contributed by atoms with Gasteiger partial charge >= 0.3 is 0 Å². The predicted molar refractivity (Wildman–Crippen MR) is 89.8 cm³/mol. The topological polar surface area (TPSA) is 72.9 Å². The molecule has 4 heterocycles. The molecule has 0 saturated carbocycles. The van der Waals surface area contributed by atoms with Gasteiger partial charge in [0.05, 0.1) is 35.7 Å². The van der Waals surface area contributed by atoms with Gasteiger partial charge in [-0.3, -0.25) is 0 Å². The van der Waals surface area contributed by atoms with Gasteiger partial charge in [0.2, 0.25) is 5.95 Å². The highest BCUT2D eigenvalue weighted by atomic mass is 19.3. The number of fused-ring (bicyclic) bond motifs is 2. The smallest absolute Gasteiger partial charge is 0.256 e. The molecule has 0 aliphatic carbocycles. The van der Waals surface area contributed by atoms with Crippen molar-refractivity contribution in [2.75, 3.05) is 12.4 Å². The van der Waals surface area contributed by atoms with E-state index in [1.807, 2.05) is 0 Å². The highest BCUT2D eigenvalue weighted by molar-refractivity contribution is 5.83. The number of nitrogens with one attached hydrogen (secondary N) is 1. The molecule has 0 amide bonds. The lowest BCUT2D eigenvalue weighted by Gasteiger charge is -2.06. The summed E-state index contributed by atoms with van der Waals surface area (Å²) in [5, 5.41) is 6.91. The first kappa shape index (κ1) is 16.3. The Balaban J connectivity index is 1.92. The van der Waals surface area contributed by atoms with Crippen LogP contribution < -0.4 is 5.32 Å². The maximum Gasteiger partial charge on any atom is 0.256 e. The summed E-state index contributed by atoms with van der Waals surface area (Å²) in [5.41, 5.74) is 1.69. The number of aryl methyl sites for hydroxylation is 1. The molecule has 0 fully saturated rings. The standard InChI is InChI=1S/C16H14F3N7/c1-8-22-11-4-3-10(23-15(11)25(8)7-13(18)19)14-9(17)6-26-12(14)5-21-16(20-2)24-26/h3-6,13H,7H2,1-2H3,(H,20,24). The molecule has 1 N–H and O–H groups in total. The number of nitrogens with zero attached hydrogens (tertiary/aromatic N) is 6. The maximum absolute atomic E-state index is 14.6. The number of aromatic nitrogens is 6. The SMILES string of the molecule is CNc1ncc2c(-c3ccc4nc(C)n(CC(F)F)c4n3)c(F)cn2n1. The van der Waals surface area contributed by atoms with Crippen LogP contribution in [0.15, 0.2) is 24.5 Å². The molecule has 134 valence electrons. The summed E-state index contributed by atoms with van der Waals surface area (Å²) in [6, 6.07) is 3.24. The number of hydrogen-bond donors (Lipinski definition) is 1. The van der Waals surface area contributed by atoms with Gasteiger partial charge in [0.1, 0.15) is 11.3 Å². The molecule has 0 saturated heterocycles. The molecule has 7 nitrogen and oxygen atoms in total. The lowest BCUT2D eigenvalue weighted by Crippen LogP contribution is -2.09. The summed E-state index contributed by atoms with van der Waals surface area (Å²) in [5.74, 6) is 0.235. The van der Waals surface area contributed by atoms with Crippen molar-refractivity contribution >= 4 is 22.6 Å². The Labute approximate surface area is 145 Å². The number of hydrogen-bond acceptors (Lipinski definition) is 5. The van der Waals surface area contributed by atoms with Crippen molar-refractivity contribution in [3.05, 3.63) is 36.2 Å². The Morgan fingerprint density at radius 3 is 2.77 bits per heavy atom. The van der Waals surface area contributed by atoms with Crippen LogP contribution in [-0.2, 0) is 6.54 Å². The predicted octanol–water partition coefficient (Wildman–Crippen LogP) is 2.90. The quantitative estimate of drug-likeness (QED) is 0.605. The van der Waals surface area contributed by atoms with Crippen LogP contribution in [0, 0.1) is 12.7 Å². The molecule has 0 atom stereocenters. The van der Waals surface area contributed by atoms with Gasteiger partial charge in [0.15, 0.2) is 11.5 Å². The fraction of sp³-hybridized carbons (Fsp3) is 0.250. The zero-order valence-corrected chi connectivity index (χ0v) is 13.9. The first-order valence-corrected chi connectivity index (χ1v) is 7.82. The third kappa shape index (κ3) is 2.54. The fourth-order valence-electron chi connectivity index (χ4n) is 2.91. The molecule has 0 aromatic carbocycles. The monoisotopic (exact) mass is 361 g/mol. The minimum absolute atomic E-state index is 0.206. The number of pyridine rings is 1. The van der Waals surface area contributed by atoms with Gasteiger partial charge in [-0.05, 0) is 19.1 Å². The second-order valence-electron chi connectivity index (χ2n) is 5.71. The van der Waals surface area contributed by atoms with Crippen molar-refractivity contribution in [2.24, 2.45) is 0 Å². The summed E-state index contributed by atoms with van der Waals surface area (Å²) in [6.07, 6.45) is 0.156. The van der Waals surface area contributed by atoms with Crippen LogP contribution in [0.2, 0.25) is 0 Å². The van der Waals surface area contributed by atoms with Gasteiger partial charge < -0.3 is 9.88 Å². The van der Waals surface area contributed by atoms with Gasteiger partial charge in [-0.1, -0.05) is 0 Å². The van der Waals surface area contributed by atoms with Crippen LogP contribution in [0.1, 0.15) is 5.82 Å². The lowest BCUT2D eigenvalue weighted by atomic mass is 10.2. The lowest BCUT2D eigenvalue weighted by molar-refractivity contribution is 0.127. The van der Waals surface area contributed by atoms with Crippen molar-refractivity contribution in [3.63, 3.8) is 0 Å². The van der Waals surface area contributed by atoms with Gasteiger partial charge in [-0.2, -0.15) is 0 Å². The molecule has 26 heavy (non-hydrogen) atoms. The van der Waals surface area contributed by atoms with Gasteiger partial charge in [0, 0.05) is 7.05 Å². The fourth-order valence-corrected chi connectivity index (χ4v) is 2.91. The van der Waals surface area contributed by atoms with Crippen molar-refractivity contribution in [2.45, 2.75) is 19.9 Å². The molecule has 10 heteroatoms. The van der Waals surface area contributed by atoms with Crippen LogP contribution in [0.3, 0.4) is 0 Å². The maximum atomic E-state index is 14.6. The second kappa shape index (κ2) is 5.97. The zero-order valence-electron chi connectivity index (χ0n) is 13.9. The zero-order chi connectivity index (χ0) is 18.4. The molecule has 0 bridgehead atoms. The van der Waals surface area contributed by atoms with Crippen LogP contribution in [0.4, 0.5) is 19.1 Å². The number of rotatable bonds is 4. The van der Waals surface area contributed by atoms with E-state index in [0.717, 1.165) is 0 Å². The van der Waals surface area contributed by atoms with E-state index in [4.69, 9.17) is 0 Å². The summed E-state index contributed by atoms with van der Waals surface area (Å²) in [7, 11) is 1.66. The van der Waals surface area contributed by atoms with Gasteiger partial charge in [0.25, 0.3) is 6.43 Å². The Bertz CT molecular complexity index is 1120. The molecule has 4 rings (SSSR count). The molecular weight excluding hydrogens is 347 g/mol. The third-order valence-electron chi connectivity index (χ3n) is 4.07. The minimum atomic E-state index is -2.54. The van der Waals surface area contributed by atoms with Crippen molar-refractivity contribution in [1.82, 2.24) is 29.1 Å². The van der Waals surface area contributed by atoms with E-state index in [1.165, 1.54) is 21.5 Å². The molecule has 0 unspecified atom stereocenters. The summed E-state index contributed by atoms with van der Waals surface area (Å²) >= 11 is 0. The number of halogens is 3. The van der Waals surface area contributed by atoms with Crippen LogP contribution in [-0.4, -0.2) is 42.6 Å². The highest BCUT2D eigenvalue weighted by Gasteiger charge is 2.19. The largest absolute Gasteiger partial charge is 0.356 e. The Morgan fingerprint density at radius 1 is 1.23 bits per heavy atom. The third-order valence-corrected chi connectivity index (χ3v) is 4.07. The second-order valence-corrected chi connectivity index (χ2v) is 5.71. The number of alkyl halides is 2. The molecule has 0 radical (unpaired) electrons. The normalized spacial score (nSPS) is 11.8. The summed E-state index contributed by atoms with van der Waals surface area (Å²) in [4.78, 5) is 12.7. The molecular formula is C16H14F3N7. The molecule has 4 aromatic heterocycles. The van der Waals surface area contributed by atoms with Gasteiger partial charge in [-0.25, -0.2) is 32.6 Å². The van der Waals surface area contributed by atoms with E-state index in [0.29, 0.717) is 28.5 Å². The average Bonchev–Trinajstić information content (AvgIpc) is 3.09. The molecule has 0 spiro atoms. The van der Waals surface area contributed by atoms with Crippen LogP contribution >= 0.6 is 0 Å². The Morgan fingerprint density at radius 2 is 2.04 bits per heavy atom. The summed E-state index contributed by atoms with van der Waals surface area (Å²) < 4.78 is 43.0. The Hall–Kier alpha value is -3.17. The van der Waals surface area contributed by atoms with E-state index in [1.54, 1.807) is 26.1 Å². The molecule has 4 aromatic rings. The van der Waals surface area contributed by atoms with E-state index >= 15 is 0 Å². The van der Waals surface area contributed by atoms with Crippen molar-refractivity contribution in [1.29, 1.82) is 0 Å². The first-order valence-electron chi connectivity index (χ1n) is 7.82. The van der Waals surface area contributed by atoms with Crippen LogP contribution in [0.25, 0.3) is 27.9 Å². The van der Waals surface area contributed by atoms with Crippen molar-refractivity contribution in [3.8, 4) is 11.3 Å². The first-order chi connectivity index (χ1) is 12.5. The highest BCUT2D eigenvalue weighted by Crippen LogP contribution is 2.29.